The second-order valence-corrected chi connectivity index (χ2v) is 7.33. The van der Waals surface area contributed by atoms with Gasteiger partial charge in [-0.2, -0.15) is 0 Å². The maximum absolute atomic E-state index is 12.3. The predicted molar refractivity (Wildman–Crippen MR) is 122 cm³/mol. The fourth-order valence-electron chi connectivity index (χ4n) is 3.09. The fourth-order valence-corrected chi connectivity index (χ4v) is 3.09. The number of rotatable bonds is 8. The summed E-state index contributed by atoms with van der Waals surface area (Å²) in [6.07, 6.45) is 1.74. The van der Waals surface area contributed by atoms with E-state index in [2.05, 4.69) is 20.9 Å². The highest BCUT2D eigenvalue weighted by Gasteiger charge is 2.10. The van der Waals surface area contributed by atoms with Gasteiger partial charge in [-0.05, 0) is 43.2 Å². The number of carbonyl (C=O) groups excluding carboxylic acids is 2. The van der Waals surface area contributed by atoms with Gasteiger partial charge >= 0.3 is 12.0 Å². The summed E-state index contributed by atoms with van der Waals surface area (Å²) in [6.45, 7) is 3.95. The van der Waals surface area contributed by atoms with Crippen LogP contribution in [0.1, 0.15) is 23.4 Å². The van der Waals surface area contributed by atoms with Crippen molar-refractivity contribution in [3.63, 3.8) is 0 Å². The molecule has 1 aromatic heterocycles. The summed E-state index contributed by atoms with van der Waals surface area (Å²) in [5.74, 6) is -0.134. The number of urea groups is 1. The molecule has 1 heterocycles. The minimum absolute atomic E-state index is 0.0199. The summed E-state index contributed by atoms with van der Waals surface area (Å²) in [4.78, 5) is 39.5. The van der Waals surface area contributed by atoms with Crippen LogP contribution >= 0.6 is 0 Å². The maximum atomic E-state index is 12.3. The number of aliphatic carboxylic acids is 1. The number of imidazole rings is 1. The predicted octanol–water partition coefficient (Wildman–Crippen LogP) is 3.80. The van der Waals surface area contributed by atoms with Gasteiger partial charge in [-0.25, -0.2) is 9.78 Å². The minimum Gasteiger partial charge on any atom is -0.481 e. The normalized spacial score (nSPS) is 10.4. The largest absolute Gasteiger partial charge is 0.481 e. The fraction of sp³-hybridized carbons (Fsp3) is 0.217. The quantitative estimate of drug-likeness (QED) is 0.428. The highest BCUT2D eigenvalue weighted by molar-refractivity contribution is 6.00. The molecule has 3 rings (SSSR count). The van der Waals surface area contributed by atoms with Crippen LogP contribution in [0, 0.1) is 13.8 Å². The molecule has 0 spiro atoms. The Hall–Kier alpha value is -4.14. The van der Waals surface area contributed by atoms with E-state index in [9.17, 15) is 14.4 Å². The van der Waals surface area contributed by atoms with Crippen LogP contribution in [0.25, 0.3) is 0 Å². The molecule has 32 heavy (non-hydrogen) atoms. The van der Waals surface area contributed by atoms with Crippen molar-refractivity contribution >= 4 is 35.1 Å². The maximum Gasteiger partial charge on any atom is 0.323 e. The van der Waals surface area contributed by atoms with Crippen LogP contribution in [0.3, 0.4) is 0 Å². The zero-order valence-corrected chi connectivity index (χ0v) is 17.9. The summed E-state index contributed by atoms with van der Waals surface area (Å²) < 4.78 is 1.69. The molecular formula is C23H25N5O4. The summed E-state index contributed by atoms with van der Waals surface area (Å²) >= 11 is 0. The Kier molecular flexibility index (Phi) is 7.22. The van der Waals surface area contributed by atoms with Crippen molar-refractivity contribution in [2.45, 2.75) is 33.2 Å². The van der Waals surface area contributed by atoms with E-state index in [1.807, 2.05) is 31.2 Å². The van der Waals surface area contributed by atoms with Crippen LogP contribution in [0.4, 0.5) is 22.0 Å². The molecule has 0 unspecified atom stereocenters. The van der Waals surface area contributed by atoms with Gasteiger partial charge in [-0.15, -0.1) is 0 Å². The number of amides is 3. The molecule has 0 aliphatic carbocycles. The van der Waals surface area contributed by atoms with E-state index >= 15 is 0 Å². The third kappa shape index (κ3) is 6.43. The standard InChI is InChI=1S/C23H25N5O4/c1-15-5-3-4-6-19(15)26-23(32)25-18-9-7-17(8-10-18)13-21(29)27-20-14-28(16(2)24-20)12-11-22(30)31/h3-10,14H,11-13H2,1-2H3,(H,27,29)(H,30,31)(H2,25,26,32). The number of nitrogens with one attached hydrogen (secondary N) is 3. The molecule has 9 nitrogen and oxygen atoms in total. The lowest BCUT2D eigenvalue weighted by molar-refractivity contribution is -0.137. The Bertz CT molecular complexity index is 1120. The van der Waals surface area contributed by atoms with Crippen LogP contribution in [0.15, 0.2) is 54.7 Å². The number of benzene rings is 2. The van der Waals surface area contributed by atoms with E-state index in [4.69, 9.17) is 5.11 Å². The lowest BCUT2D eigenvalue weighted by Gasteiger charge is -2.10. The van der Waals surface area contributed by atoms with Crippen molar-refractivity contribution in [3.05, 3.63) is 71.7 Å². The van der Waals surface area contributed by atoms with Gasteiger partial charge in [0.15, 0.2) is 5.82 Å². The highest BCUT2D eigenvalue weighted by Crippen LogP contribution is 2.15. The molecule has 9 heteroatoms. The first kappa shape index (κ1) is 22.5. The first-order valence-corrected chi connectivity index (χ1v) is 10.1. The van der Waals surface area contributed by atoms with Crippen LogP contribution in [0.5, 0.6) is 0 Å². The highest BCUT2D eigenvalue weighted by atomic mass is 16.4. The van der Waals surface area contributed by atoms with Crippen molar-refractivity contribution in [2.75, 3.05) is 16.0 Å². The molecule has 166 valence electrons. The van der Waals surface area contributed by atoms with E-state index in [-0.39, 0.29) is 31.3 Å². The second-order valence-electron chi connectivity index (χ2n) is 7.33. The number of carbonyl (C=O) groups is 3. The zero-order chi connectivity index (χ0) is 23.1. The van der Waals surface area contributed by atoms with Gasteiger partial charge in [0.25, 0.3) is 0 Å². The van der Waals surface area contributed by atoms with Gasteiger partial charge in [0, 0.05) is 24.1 Å². The molecule has 2 aromatic carbocycles. The Labute approximate surface area is 185 Å². The summed E-state index contributed by atoms with van der Waals surface area (Å²) in [5.41, 5.74) is 3.08. The Balaban J connectivity index is 1.51. The zero-order valence-electron chi connectivity index (χ0n) is 17.9. The number of anilines is 3. The van der Waals surface area contributed by atoms with E-state index in [0.717, 1.165) is 16.8 Å². The monoisotopic (exact) mass is 435 g/mol. The van der Waals surface area contributed by atoms with Crippen molar-refractivity contribution in [1.29, 1.82) is 0 Å². The van der Waals surface area contributed by atoms with Crippen molar-refractivity contribution in [2.24, 2.45) is 0 Å². The van der Waals surface area contributed by atoms with Gasteiger partial charge in [0.1, 0.15) is 5.82 Å². The minimum atomic E-state index is -0.894. The first-order valence-electron chi connectivity index (χ1n) is 10.1. The van der Waals surface area contributed by atoms with Crippen molar-refractivity contribution < 1.29 is 19.5 Å². The number of para-hydroxylation sites is 1. The molecule has 0 bridgehead atoms. The molecular weight excluding hydrogens is 410 g/mol. The van der Waals surface area contributed by atoms with Crippen LogP contribution in [0.2, 0.25) is 0 Å². The Morgan fingerprint density at radius 3 is 2.38 bits per heavy atom. The number of carboxylic acid groups (broad SMARTS) is 1. The lowest BCUT2D eigenvalue weighted by atomic mass is 10.1. The van der Waals surface area contributed by atoms with Crippen LogP contribution in [-0.2, 0) is 22.6 Å². The number of nitrogens with zero attached hydrogens (tertiary/aromatic N) is 2. The van der Waals surface area contributed by atoms with E-state index in [0.29, 0.717) is 17.3 Å². The average molecular weight is 435 g/mol. The van der Waals surface area contributed by atoms with Crippen molar-refractivity contribution in [3.8, 4) is 0 Å². The van der Waals surface area contributed by atoms with Crippen molar-refractivity contribution in [1.82, 2.24) is 9.55 Å². The molecule has 3 aromatic rings. The summed E-state index contributed by atoms with van der Waals surface area (Å²) in [5, 5.41) is 17.1. The van der Waals surface area contributed by atoms with Gasteiger partial charge in [-0.3, -0.25) is 9.59 Å². The third-order valence-corrected chi connectivity index (χ3v) is 4.78. The molecule has 0 atom stereocenters. The van der Waals surface area contributed by atoms with Gasteiger partial charge in [0.2, 0.25) is 5.91 Å². The number of hydrogen-bond donors (Lipinski definition) is 4. The van der Waals surface area contributed by atoms with E-state index in [1.54, 1.807) is 42.0 Å². The molecule has 3 amide bonds. The molecule has 0 saturated heterocycles. The molecule has 0 fully saturated rings. The van der Waals surface area contributed by atoms with Gasteiger partial charge in [0.05, 0.1) is 12.8 Å². The number of hydrogen-bond acceptors (Lipinski definition) is 4. The molecule has 0 radical (unpaired) electrons. The van der Waals surface area contributed by atoms with Crippen LogP contribution in [-0.4, -0.2) is 32.6 Å². The SMILES string of the molecule is Cc1ccccc1NC(=O)Nc1ccc(CC(=O)Nc2cn(CCC(=O)O)c(C)n2)cc1. The number of aromatic nitrogens is 2. The lowest BCUT2D eigenvalue weighted by Crippen LogP contribution is -2.20. The first-order chi connectivity index (χ1) is 15.3. The van der Waals surface area contributed by atoms with Gasteiger partial charge < -0.3 is 25.6 Å². The Morgan fingerprint density at radius 2 is 1.69 bits per heavy atom. The average Bonchev–Trinajstić information content (AvgIpc) is 3.08. The molecule has 0 aliphatic heterocycles. The number of carboxylic acids is 1. The van der Waals surface area contributed by atoms with E-state index < -0.39 is 5.97 Å². The topological polar surface area (TPSA) is 125 Å². The number of aryl methyl sites for hydroxylation is 3. The molecule has 0 saturated carbocycles. The third-order valence-electron chi connectivity index (χ3n) is 4.78. The Morgan fingerprint density at radius 1 is 0.969 bits per heavy atom. The smallest absolute Gasteiger partial charge is 0.323 e. The van der Waals surface area contributed by atoms with E-state index in [1.165, 1.54) is 0 Å². The molecule has 0 aliphatic rings. The molecule has 4 N–H and O–H groups in total. The summed E-state index contributed by atoms with van der Waals surface area (Å²) in [6, 6.07) is 14.1. The van der Waals surface area contributed by atoms with Gasteiger partial charge in [-0.1, -0.05) is 30.3 Å². The van der Waals surface area contributed by atoms with Crippen LogP contribution < -0.4 is 16.0 Å². The second kappa shape index (κ2) is 10.3. The summed E-state index contributed by atoms with van der Waals surface area (Å²) in [7, 11) is 0.